The van der Waals surface area contributed by atoms with Gasteiger partial charge in [-0.1, -0.05) is 0 Å². The molecule has 2 fully saturated rings. The number of anilines is 1. The predicted molar refractivity (Wildman–Crippen MR) is 115 cm³/mol. The van der Waals surface area contributed by atoms with E-state index in [9.17, 15) is 9.90 Å². The Morgan fingerprint density at radius 3 is 1.71 bits per heavy atom. The Labute approximate surface area is 168 Å². The fourth-order valence-electron chi connectivity index (χ4n) is 5.81. The maximum atomic E-state index is 12.7. The summed E-state index contributed by atoms with van der Waals surface area (Å²) in [6.45, 7) is 17.3. The zero-order valence-corrected chi connectivity index (χ0v) is 18.8. The molecule has 0 spiro atoms. The van der Waals surface area contributed by atoms with E-state index in [1.165, 1.54) is 0 Å². The number of rotatable bonds is 3. The second kappa shape index (κ2) is 6.56. The quantitative estimate of drug-likeness (QED) is 0.637. The van der Waals surface area contributed by atoms with Gasteiger partial charge in [0.15, 0.2) is 11.1 Å². The molecule has 0 amide bonds. The van der Waals surface area contributed by atoms with Gasteiger partial charge in [0.25, 0.3) is 0 Å². The first-order valence-corrected chi connectivity index (χ1v) is 10.5. The molecule has 0 radical (unpaired) electrons. The third-order valence-electron chi connectivity index (χ3n) is 5.92. The van der Waals surface area contributed by atoms with Crippen LogP contribution in [0.25, 0.3) is 0 Å². The number of nitrogens with zero attached hydrogens (tertiary/aromatic N) is 1. The molecular weight excluding hydrogens is 352 g/mol. The molecule has 4 N–H and O–H groups in total. The van der Waals surface area contributed by atoms with E-state index in [0.29, 0.717) is 5.69 Å². The first-order valence-electron chi connectivity index (χ1n) is 10.5. The molecule has 1 aromatic rings. The van der Waals surface area contributed by atoms with Crippen LogP contribution < -0.4 is 26.7 Å². The van der Waals surface area contributed by atoms with E-state index in [0.717, 1.165) is 25.7 Å². The minimum atomic E-state index is -0.152. The van der Waals surface area contributed by atoms with Gasteiger partial charge >= 0.3 is 0 Å². The Morgan fingerprint density at radius 1 is 0.857 bits per heavy atom. The van der Waals surface area contributed by atoms with Crippen molar-refractivity contribution in [3.05, 3.63) is 15.6 Å². The summed E-state index contributed by atoms with van der Waals surface area (Å²) in [6.07, 6.45) is 3.48. The van der Waals surface area contributed by atoms with Crippen molar-refractivity contribution in [2.24, 2.45) is 4.99 Å². The number of hydrogen-bond acceptors (Lipinski definition) is 6. The minimum Gasteiger partial charge on any atom is -0.504 e. The van der Waals surface area contributed by atoms with Crippen molar-refractivity contribution in [1.29, 1.82) is 0 Å². The molecule has 6 nitrogen and oxygen atoms in total. The highest BCUT2D eigenvalue weighted by Crippen LogP contribution is 2.32. The molecular formula is C22H38N4O2. The van der Waals surface area contributed by atoms with Crippen molar-refractivity contribution in [2.45, 2.75) is 115 Å². The number of aromatic hydroxyl groups is 1. The first-order chi connectivity index (χ1) is 12.6. The van der Waals surface area contributed by atoms with Crippen LogP contribution in [-0.4, -0.2) is 39.3 Å². The monoisotopic (exact) mass is 390 g/mol. The Kier molecular flexibility index (Phi) is 4.99. The van der Waals surface area contributed by atoms with Crippen molar-refractivity contribution in [3.8, 4) is 5.75 Å². The lowest BCUT2D eigenvalue weighted by Crippen LogP contribution is -2.61. The standard InChI is InChI=1S/C22H38N4O2/c1-19(2)9-13(10-20(3,4)25-19)23-15-17(27)16(18(15)28)24-14-11-21(5,6)26-22(7,8)12-14/h13-14,23,25-27H,9-12H2,1-8H3. The van der Waals surface area contributed by atoms with E-state index in [1.807, 2.05) is 0 Å². The predicted octanol–water partition coefficient (Wildman–Crippen LogP) is 2.56. The summed E-state index contributed by atoms with van der Waals surface area (Å²) in [5, 5.41) is 21.4. The third-order valence-corrected chi connectivity index (χ3v) is 5.92. The average molecular weight is 391 g/mol. The van der Waals surface area contributed by atoms with Crippen LogP contribution in [0.15, 0.2) is 9.79 Å². The average Bonchev–Trinajstić information content (AvgIpc) is 2.43. The molecule has 2 aliphatic heterocycles. The largest absolute Gasteiger partial charge is 0.504 e. The van der Waals surface area contributed by atoms with Gasteiger partial charge in [0.1, 0.15) is 5.69 Å². The summed E-state index contributed by atoms with van der Waals surface area (Å²) in [7, 11) is 0. The van der Waals surface area contributed by atoms with Crippen molar-refractivity contribution in [2.75, 3.05) is 5.32 Å². The lowest BCUT2D eigenvalue weighted by atomic mass is 9.79. The highest BCUT2D eigenvalue weighted by atomic mass is 16.3. The lowest BCUT2D eigenvalue weighted by molar-refractivity contribution is 0.162. The first kappa shape index (κ1) is 21.3. The van der Waals surface area contributed by atoms with Gasteiger partial charge < -0.3 is 21.1 Å². The highest BCUT2D eigenvalue weighted by Gasteiger charge is 2.40. The number of hydrogen-bond donors (Lipinski definition) is 4. The summed E-state index contributed by atoms with van der Waals surface area (Å²) in [5.41, 5.74) is 0.0498. The van der Waals surface area contributed by atoms with Crippen LogP contribution in [0.1, 0.15) is 81.1 Å². The number of nitrogens with one attached hydrogen (secondary N) is 3. The molecule has 28 heavy (non-hydrogen) atoms. The highest BCUT2D eigenvalue weighted by molar-refractivity contribution is 5.61. The summed E-state index contributed by atoms with van der Waals surface area (Å²) >= 11 is 0. The summed E-state index contributed by atoms with van der Waals surface area (Å²) in [5.74, 6) is 0.0355. The van der Waals surface area contributed by atoms with Gasteiger partial charge in [-0.3, -0.25) is 9.79 Å². The summed E-state index contributed by atoms with van der Waals surface area (Å²) < 4.78 is 0. The molecule has 3 rings (SSSR count). The van der Waals surface area contributed by atoms with Gasteiger partial charge in [-0.2, -0.15) is 0 Å². The minimum absolute atomic E-state index is 0.0222. The molecule has 6 heteroatoms. The van der Waals surface area contributed by atoms with Crippen molar-refractivity contribution >= 4 is 5.69 Å². The van der Waals surface area contributed by atoms with Gasteiger partial charge in [-0.15, -0.1) is 0 Å². The lowest BCUT2D eigenvalue weighted by Gasteiger charge is -2.47. The molecule has 158 valence electrons. The second-order valence-corrected chi connectivity index (χ2v) is 11.6. The van der Waals surface area contributed by atoms with Crippen LogP contribution in [0, 0.1) is 0 Å². The molecule has 1 aromatic carbocycles. The molecule has 0 bridgehead atoms. The van der Waals surface area contributed by atoms with Gasteiger partial charge in [-0.05, 0) is 81.1 Å². The maximum absolute atomic E-state index is 12.7. The molecule has 0 unspecified atom stereocenters. The van der Waals surface area contributed by atoms with Gasteiger partial charge in [0, 0.05) is 28.2 Å². The summed E-state index contributed by atoms with van der Waals surface area (Å²) in [6, 6.07) is 0.177. The summed E-state index contributed by atoms with van der Waals surface area (Å²) in [4.78, 5) is 17.4. The van der Waals surface area contributed by atoms with Crippen LogP contribution in [0.3, 0.4) is 0 Å². The van der Waals surface area contributed by atoms with E-state index in [2.05, 4.69) is 76.3 Å². The van der Waals surface area contributed by atoms with E-state index in [-0.39, 0.29) is 50.8 Å². The Hall–Kier alpha value is -1.40. The fourth-order valence-corrected chi connectivity index (χ4v) is 5.81. The third kappa shape index (κ3) is 4.60. The zero-order chi connectivity index (χ0) is 21.1. The molecule has 2 aliphatic rings. The van der Waals surface area contributed by atoms with Crippen molar-refractivity contribution < 1.29 is 5.11 Å². The smallest absolute Gasteiger partial charge is 0.234 e. The molecule has 2 saturated heterocycles. The molecule has 2 heterocycles. The molecule has 0 aliphatic carbocycles. The maximum Gasteiger partial charge on any atom is 0.234 e. The van der Waals surface area contributed by atoms with E-state index < -0.39 is 0 Å². The van der Waals surface area contributed by atoms with Crippen LogP contribution in [0.4, 0.5) is 5.69 Å². The van der Waals surface area contributed by atoms with Crippen LogP contribution in [0.5, 0.6) is 5.75 Å². The fraction of sp³-hybridized carbons (Fsp3) is 0.818. The van der Waals surface area contributed by atoms with Crippen molar-refractivity contribution in [3.63, 3.8) is 0 Å². The topological polar surface area (TPSA) is 85.8 Å². The molecule has 0 aromatic heterocycles. The SMILES string of the molecule is CC1(C)CC(N=c2c(O)c(NC3CC(C)(C)NC(C)(C)C3)c2=O)CC(C)(C)N1. The van der Waals surface area contributed by atoms with Gasteiger partial charge in [0.05, 0.1) is 6.04 Å². The van der Waals surface area contributed by atoms with E-state index in [1.54, 1.807) is 0 Å². The second-order valence-electron chi connectivity index (χ2n) is 11.6. The van der Waals surface area contributed by atoms with E-state index in [4.69, 9.17) is 0 Å². The number of piperidine rings is 2. The zero-order valence-electron chi connectivity index (χ0n) is 18.8. The van der Waals surface area contributed by atoms with Gasteiger partial charge in [0.2, 0.25) is 5.43 Å². The van der Waals surface area contributed by atoms with Crippen LogP contribution >= 0.6 is 0 Å². The normalized spacial score (nSPS) is 27.8. The van der Waals surface area contributed by atoms with Crippen molar-refractivity contribution in [1.82, 2.24) is 10.6 Å². The Balaban J connectivity index is 1.79. The molecule has 0 atom stereocenters. The Morgan fingerprint density at radius 2 is 1.29 bits per heavy atom. The van der Waals surface area contributed by atoms with Crippen LogP contribution in [0.2, 0.25) is 0 Å². The van der Waals surface area contributed by atoms with Gasteiger partial charge in [-0.25, -0.2) is 0 Å². The van der Waals surface area contributed by atoms with Crippen LogP contribution in [-0.2, 0) is 0 Å². The Bertz CT molecular complexity index is 796. The molecule has 0 saturated carbocycles. The van der Waals surface area contributed by atoms with E-state index >= 15 is 0 Å².